The Labute approximate surface area is 157 Å². The van der Waals surface area contributed by atoms with E-state index < -0.39 is 0 Å². The molecule has 3 rings (SSSR count). The Morgan fingerprint density at radius 2 is 1.81 bits per heavy atom. The Morgan fingerprint density at radius 3 is 2.54 bits per heavy atom. The molecule has 0 fully saturated rings. The largest absolute Gasteiger partial charge is 0.493 e. The predicted octanol–water partition coefficient (Wildman–Crippen LogP) is 3.74. The Morgan fingerprint density at radius 1 is 1.04 bits per heavy atom. The lowest BCUT2D eigenvalue weighted by molar-refractivity contribution is 0.354. The van der Waals surface area contributed by atoms with E-state index in [9.17, 15) is 0 Å². The molecule has 0 radical (unpaired) electrons. The molecule has 0 bridgehead atoms. The SMILES string of the molecule is COc1ccc(CNCCc2nc(-c3ccc(Cl)cc3)no2)cc1OC. The molecular formula is C19H20ClN3O3. The molecule has 0 spiro atoms. The molecule has 2 aromatic carbocycles. The van der Waals surface area contributed by atoms with Gasteiger partial charge in [0, 0.05) is 30.1 Å². The maximum absolute atomic E-state index is 5.89. The molecule has 0 saturated heterocycles. The lowest BCUT2D eigenvalue weighted by Gasteiger charge is -2.10. The zero-order chi connectivity index (χ0) is 18.4. The van der Waals surface area contributed by atoms with Crippen LogP contribution in [0.15, 0.2) is 47.0 Å². The summed E-state index contributed by atoms with van der Waals surface area (Å²) in [4.78, 5) is 4.41. The fourth-order valence-corrected chi connectivity index (χ4v) is 2.62. The van der Waals surface area contributed by atoms with Crippen LogP contribution in [0.2, 0.25) is 5.02 Å². The lowest BCUT2D eigenvalue weighted by Crippen LogP contribution is -2.16. The fraction of sp³-hybridized carbons (Fsp3) is 0.263. The second kappa shape index (κ2) is 8.69. The van der Waals surface area contributed by atoms with Crippen molar-refractivity contribution in [3.8, 4) is 22.9 Å². The van der Waals surface area contributed by atoms with Gasteiger partial charge < -0.3 is 19.3 Å². The van der Waals surface area contributed by atoms with Crippen molar-refractivity contribution in [1.29, 1.82) is 0 Å². The smallest absolute Gasteiger partial charge is 0.228 e. The molecule has 0 aliphatic carbocycles. The van der Waals surface area contributed by atoms with E-state index >= 15 is 0 Å². The number of nitrogens with zero attached hydrogens (tertiary/aromatic N) is 2. The molecule has 0 aliphatic rings. The van der Waals surface area contributed by atoms with E-state index in [1.807, 2.05) is 30.3 Å². The summed E-state index contributed by atoms with van der Waals surface area (Å²) in [5.74, 6) is 2.60. The van der Waals surface area contributed by atoms with Crippen molar-refractivity contribution >= 4 is 11.6 Å². The summed E-state index contributed by atoms with van der Waals surface area (Å²) in [6.07, 6.45) is 0.647. The molecule has 1 N–H and O–H groups in total. The summed E-state index contributed by atoms with van der Waals surface area (Å²) in [7, 11) is 3.25. The van der Waals surface area contributed by atoms with E-state index in [0.717, 1.165) is 29.2 Å². The number of rotatable bonds is 8. The van der Waals surface area contributed by atoms with Gasteiger partial charge in [-0.3, -0.25) is 0 Å². The molecule has 26 heavy (non-hydrogen) atoms. The van der Waals surface area contributed by atoms with Crippen LogP contribution in [0.4, 0.5) is 0 Å². The first kappa shape index (κ1) is 18.2. The van der Waals surface area contributed by atoms with Crippen molar-refractivity contribution in [2.75, 3.05) is 20.8 Å². The molecule has 0 unspecified atom stereocenters. The fourth-order valence-electron chi connectivity index (χ4n) is 2.49. The van der Waals surface area contributed by atoms with E-state index in [4.69, 9.17) is 25.6 Å². The monoisotopic (exact) mass is 373 g/mol. The molecule has 6 nitrogen and oxygen atoms in total. The molecule has 0 atom stereocenters. The van der Waals surface area contributed by atoms with E-state index in [1.165, 1.54) is 0 Å². The summed E-state index contributed by atoms with van der Waals surface area (Å²) in [6.45, 7) is 1.43. The standard InChI is InChI=1S/C19H20ClN3O3/c1-24-16-8-3-13(11-17(16)25-2)12-21-10-9-18-22-19(23-26-18)14-4-6-15(20)7-5-14/h3-8,11,21H,9-10,12H2,1-2H3. The first-order valence-corrected chi connectivity index (χ1v) is 8.57. The third-order valence-corrected chi connectivity index (χ3v) is 4.12. The van der Waals surface area contributed by atoms with Gasteiger partial charge in [-0.25, -0.2) is 0 Å². The maximum Gasteiger partial charge on any atom is 0.228 e. The van der Waals surface area contributed by atoms with Crippen molar-refractivity contribution in [3.05, 3.63) is 58.9 Å². The van der Waals surface area contributed by atoms with Gasteiger partial charge >= 0.3 is 0 Å². The average molecular weight is 374 g/mol. The summed E-state index contributed by atoms with van der Waals surface area (Å²) >= 11 is 5.89. The second-order valence-electron chi connectivity index (χ2n) is 5.63. The van der Waals surface area contributed by atoms with Gasteiger partial charge in [0.25, 0.3) is 0 Å². The van der Waals surface area contributed by atoms with Gasteiger partial charge in [-0.2, -0.15) is 4.98 Å². The summed E-state index contributed by atoms with van der Waals surface area (Å²) < 4.78 is 15.8. The number of halogens is 1. The van der Waals surface area contributed by atoms with Crippen LogP contribution in [0.5, 0.6) is 11.5 Å². The van der Waals surface area contributed by atoms with Crippen LogP contribution in [0, 0.1) is 0 Å². The Balaban J connectivity index is 1.50. The zero-order valence-corrected chi connectivity index (χ0v) is 15.4. The number of benzene rings is 2. The van der Waals surface area contributed by atoms with E-state index in [0.29, 0.717) is 29.7 Å². The van der Waals surface area contributed by atoms with Crippen LogP contribution in [0.3, 0.4) is 0 Å². The average Bonchev–Trinajstić information content (AvgIpc) is 3.14. The Kier molecular flexibility index (Phi) is 6.09. The topological polar surface area (TPSA) is 69.4 Å². The van der Waals surface area contributed by atoms with Crippen molar-refractivity contribution in [1.82, 2.24) is 15.5 Å². The van der Waals surface area contributed by atoms with Crippen LogP contribution in [-0.4, -0.2) is 30.9 Å². The zero-order valence-electron chi connectivity index (χ0n) is 14.7. The number of ether oxygens (including phenoxy) is 2. The minimum atomic E-state index is 0.566. The molecule has 1 aromatic heterocycles. The van der Waals surface area contributed by atoms with Gasteiger partial charge in [0.1, 0.15) is 0 Å². The number of nitrogens with one attached hydrogen (secondary N) is 1. The van der Waals surface area contributed by atoms with Crippen molar-refractivity contribution in [3.63, 3.8) is 0 Å². The summed E-state index contributed by atoms with van der Waals surface area (Å²) in [5, 5.41) is 8.04. The third-order valence-electron chi connectivity index (χ3n) is 3.86. The Bertz CT molecular complexity index is 849. The van der Waals surface area contributed by atoms with Gasteiger partial charge in [-0.05, 0) is 42.0 Å². The molecular weight excluding hydrogens is 354 g/mol. The highest BCUT2D eigenvalue weighted by Crippen LogP contribution is 2.27. The van der Waals surface area contributed by atoms with Crippen LogP contribution in [0.25, 0.3) is 11.4 Å². The first-order chi connectivity index (χ1) is 12.7. The molecule has 0 amide bonds. The molecule has 7 heteroatoms. The van der Waals surface area contributed by atoms with E-state index in [-0.39, 0.29) is 0 Å². The lowest BCUT2D eigenvalue weighted by atomic mass is 10.2. The normalized spacial score (nSPS) is 10.7. The molecule has 1 heterocycles. The maximum atomic E-state index is 5.89. The minimum Gasteiger partial charge on any atom is -0.493 e. The van der Waals surface area contributed by atoms with Gasteiger partial charge in [0.15, 0.2) is 11.5 Å². The van der Waals surface area contributed by atoms with Gasteiger partial charge in [-0.15, -0.1) is 0 Å². The predicted molar refractivity (Wildman–Crippen MR) is 99.7 cm³/mol. The van der Waals surface area contributed by atoms with Crippen LogP contribution < -0.4 is 14.8 Å². The molecule has 0 saturated carbocycles. The van der Waals surface area contributed by atoms with E-state index in [1.54, 1.807) is 26.4 Å². The van der Waals surface area contributed by atoms with Crippen LogP contribution in [0.1, 0.15) is 11.5 Å². The Hall–Kier alpha value is -2.57. The molecule has 0 aliphatic heterocycles. The highest BCUT2D eigenvalue weighted by molar-refractivity contribution is 6.30. The van der Waals surface area contributed by atoms with Crippen molar-refractivity contribution in [2.24, 2.45) is 0 Å². The number of aromatic nitrogens is 2. The highest BCUT2D eigenvalue weighted by Gasteiger charge is 2.09. The minimum absolute atomic E-state index is 0.566. The first-order valence-electron chi connectivity index (χ1n) is 8.19. The van der Waals surface area contributed by atoms with Gasteiger partial charge in [-0.1, -0.05) is 22.8 Å². The third kappa shape index (κ3) is 4.53. The number of hydrogen-bond acceptors (Lipinski definition) is 6. The highest BCUT2D eigenvalue weighted by atomic mass is 35.5. The summed E-state index contributed by atoms with van der Waals surface area (Å²) in [5.41, 5.74) is 1.98. The summed E-state index contributed by atoms with van der Waals surface area (Å²) in [6, 6.07) is 13.2. The van der Waals surface area contributed by atoms with E-state index in [2.05, 4.69) is 15.5 Å². The van der Waals surface area contributed by atoms with Crippen LogP contribution in [-0.2, 0) is 13.0 Å². The van der Waals surface area contributed by atoms with Gasteiger partial charge in [0.2, 0.25) is 11.7 Å². The second-order valence-corrected chi connectivity index (χ2v) is 6.07. The van der Waals surface area contributed by atoms with Crippen LogP contribution >= 0.6 is 11.6 Å². The van der Waals surface area contributed by atoms with Gasteiger partial charge in [0.05, 0.1) is 14.2 Å². The number of hydrogen-bond donors (Lipinski definition) is 1. The quantitative estimate of drug-likeness (QED) is 0.606. The van der Waals surface area contributed by atoms with Crippen molar-refractivity contribution < 1.29 is 14.0 Å². The molecule has 3 aromatic rings. The van der Waals surface area contributed by atoms with Crippen molar-refractivity contribution in [2.45, 2.75) is 13.0 Å². The molecule has 136 valence electrons. The number of methoxy groups -OCH3 is 2.